The number of rotatable bonds is 5. The van der Waals surface area contributed by atoms with Gasteiger partial charge in [-0.2, -0.15) is 24.3 Å². The van der Waals surface area contributed by atoms with Crippen molar-refractivity contribution in [2.75, 3.05) is 14.7 Å². The van der Waals surface area contributed by atoms with Gasteiger partial charge in [0.05, 0.1) is 5.69 Å². The van der Waals surface area contributed by atoms with Crippen LogP contribution in [-0.2, 0) is 25.8 Å². The third kappa shape index (κ3) is 6.12. The largest absolute Gasteiger partial charge is 0.493 e. The van der Waals surface area contributed by atoms with E-state index in [4.69, 9.17) is 4.98 Å². The summed E-state index contributed by atoms with van der Waals surface area (Å²) in [6.07, 6.45) is 1.85. The van der Waals surface area contributed by atoms with Crippen LogP contribution in [0.2, 0.25) is 0 Å². The van der Waals surface area contributed by atoms with Crippen molar-refractivity contribution < 1.29 is 20.4 Å². The molecule has 1 aromatic heterocycles. The van der Waals surface area contributed by atoms with Gasteiger partial charge in [0.2, 0.25) is 0 Å². The van der Waals surface area contributed by atoms with Gasteiger partial charge in [0, 0.05) is 49.2 Å². The fraction of sp³-hybridized carbons (Fsp3) is 0.0870. The van der Waals surface area contributed by atoms with Gasteiger partial charge in [-0.25, -0.2) is 4.98 Å². The molecule has 7 aromatic rings. The van der Waals surface area contributed by atoms with Crippen molar-refractivity contribution in [3.8, 4) is 22.3 Å². The third-order valence-electron chi connectivity index (χ3n) is 9.53. The van der Waals surface area contributed by atoms with Crippen LogP contribution in [0.15, 0.2) is 162 Å². The number of hydrogen-bond donors (Lipinski definition) is 0. The molecule has 0 saturated heterocycles. The van der Waals surface area contributed by atoms with Crippen LogP contribution in [0.3, 0.4) is 0 Å². The van der Waals surface area contributed by atoms with Crippen molar-refractivity contribution in [1.29, 1.82) is 0 Å². The van der Waals surface area contributed by atoms with Crippen LogP contribution in [0.1, 0.15) is 26.3 Å². The minimum Gasteiger partial charge on any atom is -0.493 e. The molecule has 9 rings (SSSR count). The first-order chi connectivity index (χ1) is 24.9. The summed E-state index contributed by atoms with van der Waals surface area (Å²) in [4.78, 5) is 13.6. The second kappa shape index (κ2) is 13.8. The molecule has 0 unspecified atom stereocenters. The normalized spacial score (nSPS) is 13.0. The molecule has 2 aliphatic rings. The van der Waals surface area contributed by atoms with Gasteiger partial charge in [-0.1, -0.05) is 105 Å². The fourth-order valence-corrected chi connectivity index (χ4v) is 7.82. The molecule has 6 aromatic carbocycles. The quantitative estimate of drug-likeness (QED) is 0.128. The van der Waals surface area contributed by atoms with Gasteiger partial charge < -0.3 is 14.7 Å². The molecule has 0 N–H and O–H groups in total. The van der Waals surface area contributed by atoms with E-state index in [1.165, 1.54) is 22.3 Å². The molecule has 6 heteroatoms. The summed E-state index contributed by atoms with van der Waals surface area (Å²) in [6.45, 7) is 8.92. The number of nitrogens with zero attached hydrogens (tertiary/aromatic N) is 4. The molecule has 3 heterocycles. The Hall–Kier alpha value is -5.12. The van der Waals surface area contributed by atoms with Gasteiger partial charge in [-0.3, -0.25) is 0 Å². The van der Waals surface area contributed by atoms with E-state index in [0.29, 0.717) is 0 Å². The number of benzene rings is 6. The average molecular weight is 782 g/mol. The number of aromatic nitrogens is 1. The molecule has 0 bridgehead atoms. The van der Waals surface area contributed by atoms with E-state index in [1.54, 1.807) is 11.8 Å². The summed E-state index contributed by atoms with van der Waals surface area (Å²) in [5.74, 6) is 0.854. The Labute approximate surface area is 324 Å². The summed E-state index contributed by atoms with van der Waals surface area (Å²) >= 11 is 1.67. The summed E-state index contributed by atoms with van der Waals surface area (Å²) in [7, 11) is 0. The van der Waals surface area contributed by atoms with Crippen molar-refractivity contribution in [2.24, 2.45) is 0 Å². The molecule has 0 atom stereocenters. The Morgan fingerprint density at radius 2 is 1.19 bits per heavy atom. The van der Waals surface area contributed by atoms with Crippen LogP contribution >= 0.6 is 11.8 Å². The number of anilines is 7. The third-order valence-corrected chi connectivity index (χ3v) is 10.4. The zero-order valence-electron chi connectivity index (χ0n) is 29.0. The average Bonchev–Trinajstić information content (AvgIpc) is 3.50. The van der Waals surface area contributed by atoms with Crippen molar-refractivity contribution in [3.63, 3.8) is 0 Å². The second-order valence-electron chi connectivity index (χ2n) is 13.8. The molecule has 0 spiro atoms. The van der Waals surface area contributed by atoms with E-state index in [1.807, 2.05) is 18.3 Å². The minimum atomic E-state index is 0. The first kappa shape index (κ1) is 34.0. The zero-order chi connectivity index (χ0) is 34.5. The van der Waals surface area contributed by atoms with Crippen molar-refractivity contribution in [2.45, 2.75) is 36.0 Å². The number of hydrogen-bond acceptors (Lipinski definition) is 5. The van der Waals surface area contributed by atoms with Crippen LogP contribution in [0.25, 0.3) is 22.3 Å². The second-order valence-corrected chi connectivity index (χ2v) is 14.9. The van der Waals surface area contributed by atoms with Crippen LogP contribution in [0.4, 0.5) is 39.9 Å². The van der Waals surface area contributed by atoms with Gasteiger partial charge >= 0.3 is 0 Å². The van der Waals surface area contributed by atoms with E-state index in [2.05, 4.69) is 188 Å². The molecular weight excluding hydrogens is 747 g/mol. The summed E-state index contributed by atoms with van der Waals surface area (Å²) < 4.78 is 0. The molecule has 0 radical (unpaired) electrons. The summed E-state index contributed by atoms with van der Waals surface area (Å²) in [5, 5.41) is 0. The van der Waals surface area contributed by atoms with Gasteiger partial charge in [0.1, 0.15) is 5.82 Å². The van der Waals surface area contributed by atoms with Crippen molar-refractivity contribution in [3.05, 3.63) is 176 Å². The van der Waals surface area contributed by atoms with E-state index < -0.39 is 0 Å². The Bertz CT molecular complexity index is 2390. The van der Waals surface area contributed by atoms with Gasteiger partial charge in [-0.15, -0.1) is 57.7 Å². The Morgan fingerprint density at radius 3 is 1.90 bits per heavy atom. The predicted molar refractivity (Wildman–Crippen MR) is 212 cm³/mol. The number of para-hydroxylation sites is 3. The van der Waals surface area contributed by atoms with Crippen LogP contribution in [0, 0.1) is 18.8 Å². The Morgan fingerprint density at radius 1 is 0.558 bits per heavy atom. The van der Waals surface area contributed by atoms with Crippen LogP contribution in [-0.4, -0.2) is 4.98 Å². The minimum absolute atomic E-state index is 0. The molecule has 0 saturated carbocycles. The molecule has 52 heavy (non-hydrogen) atoms. The van der Waals surface area contributed by atoms with Crippen molar-refractivity contribution in [1.82, 2.24) is 4.98 Å². The van der Waals surface area contributed by atoms with Crippen molar-refractivity contribution >= 4 is 51.7 Å². The van der Waals surface area contributed by atoms with E-state index >= 15 is 0 Å². The van der Waals surface area contributed by atoms with Gasteiger partial charge in [0.15, 0.2) is 0 Å². The SMILES string of the molecule is CC(C)(C)c1ccc(N2[CH-]N(c3[c-]c(Sc4[c-]c5c(cc4)-c4ccccc4-c4ccccc4N5c4ccccn4)ccc3)c3ccccc32)cc1.[Pd]. The molecular formula is C46H35N4PdS-3. The molecule has 0 fully saturated rings. The smallest absolute Gasteiger partial charge is 0.135 e. The van der Waals surface area contributed by atoms with Gasteiger partial charge in [-0.05, 0) is 59.0 Å². The Kier molecular flexibility index (Phi) is 9.01. The summed E-state index contributed by atoms with van der Waals surface area (Å²) in [5.41, 5.74) is 12.5. The number of pyridine rings is 1. The molecule has 2 aliphatic heterocycles. The van der Waals surface area contributed by atoms with Crippen LogP contribution in [0.5, 0.6) is 0 Å². The summed E-state index contributed by atoms with van der Waals surface area (Å²) in [6, 6.07) is 59.0. The van der Waals surface area contributed by atoms with E-state index in [9.17, 15) is 0 Å². The number of fused-ring (bicyclic) bond motifs is 6. The zero-order valence-corrected chi connectivity index (χ0v) is 31.4. The van der Waals surface area contributed by atoms with E-state index in [-0.39, 0.29) is 25.8 Å². The standard InChI is InChI=1S/C46H35N4S.Pd/c1-46(2,3)32-22-24-33(25-23-32)48-31-49(43-20-9-8-19-42(43)48)34-13-12-14-35(29-34)51-36-26-27-40-38-16-5-4-15-37(38)39-17-6-7-18-41(39)50(44(40)30-36)45-21-10-11-28-47-45;/h4-28,31H,1-3H3;/q-3;. The first-order valence-corrected chi connectivity index (χ1v) is 18.0. The molecule has 0 aliphatic carbocycles. The fourth-order valence-electron chi connectivity index (χ4n) is 7.00. The maximum atomic E-state index is 4.82. The molecule has 0 amide bonds. The maximum absolute atomic E-state index is 4.82. The monoisotopic (exact) mass is 781 g/mol. The maximum Gasteiger partial charge on any atom is 0.135 e. The Balaban J connectivity index is 0.00000387. The first-order valence-electron chi connectivity index (χ1n) is 17.2. The van der Waals surface area contributed by atoms with Gasteiger partial charge in [0.25, 0.3) is 0 Å². The predicted octanol–water partition coefficient (Wildman–Crippen LogP) is 12.7. The van der Waals surface area contributed by atoms with Crippen LogP contribution < -0.4 is 14.7 Å². The topological polar surface area (TPSA) is 22.6 Å². The molecule has 258 valence electrons. The van der Waals surface area contributed by atoms with E-state index in [0.717, 1.165) is 55.3 Å². The molecule has 4 nitrogen and oxygen atoms in total.